The molecule has 0 bridgehead atoms. The summed E-state index contributed by atoms with van der Waals surface area (Å²) in [7, 11) is 1.99. The van der Waals surface area contributed by atoms with E-state index >= 15 is 0 Å². The molecule has 0 aromatic heterocycles. The first-order valence-electron chi connectivity index (χ1n) is 19.2. The summed E-state index contributed by atoms with van der Waals surface area (Å²) < 4.78 is 11.3. The van der Waals surface area contributed by atoms with Crippen LogP contribution in [0.1, 0.15) is 77.2 Å². The number of nitriles is 1. The standard InChI is InChI=1S/C41H52N10O6/c1-27-47-33(36-41(49-37(43)48-36)40(54,55)21-24-51(27)41)26-56-38(53)46-22-11-9-7-8-10-13-30(52)14-12-23-50(6)29-18-15-28(16-19-29)17-20-31-34(45-5)35(32(25-42)44-4)57-39(31,2)3/h15-20,33,36,47,54-55H,1,7-14,21-24,26H2,2-3,6H3,(H,46,53)(H3,43,48,49)/b20-17+,35-32+. The van der Waals surface area contributed by atoms with Gasteiger partial charge in [0.25, 0.3) is 5.70 Å². The van der Waals surface area contributed by atoms with E-state index in [1.54, 1.807) is 24.8 Å². The van der Waals surface area contributed by atoms with Crippen LogP contribution < -0.4 is 26.6 Å². The average Bonchev–Trinajstić information content (AvgIpc) is 3.77. The molecule has 0 aliphatic carbocycles. The number of aliphatic hydroxyl groups is 2. The lowest BCUT2D eigenvalue weighted by molar-refractivity contribution is -0.229. The second kappa shape index (κ2) is 17.8. The fourth-order valence-corrected chi connectivity index (χ4v) is 7.81. The minimum Gasteiger partial charge on any atom is -0.505 e. The van der Waals surface area contributed by atoms with Gasteiger partial charge < -0.3 is 51.2 Å². The molecule has 57 heavy (non-hydrogen) atoms. The van der Waals surface area contributed by atoms with Crippen LogP contribution >= 0.6 is 0 Å². The van der Waals surface area contributed by atoms with Gasteiger partial charge in [0.15, 0.2) is 11.6 Å². The molecule has 2 saturated heterocycles. The number of nitrogens with one attached hydrogen (secondary N) is 3. The third-order valence-corrected chi connectivity index (χ3v) is 10.8. The van der Waals surface area contributed by atoms with Gasteiger partial charge in [-0.3, -0.25) is 4.79 Å². The molecule has 4 aliphatic heterocycles. The van der Waals surface area contributed by atoms with Crippen LogP contribution in [0.15, 0.2) is 70.5 Å². The lowest BCUT2D eigenvalue weighted by atomic mass is 9.86. The van der Waals surface area contributed by atoms with Gasteiger partial charge in [-0.1, -0.05) is 50.1 Å². The maximum absolute atomic E-state index is 12.5. The molecule has 3 unspecified atom stereocenters. The Kier molecular flexibility index (Phi) is 13.2. The molecule has 3 atom stereocenters. The van der Waals surface area contributed by atoms with Crippen LogP contribution in [0.5, 0.6) is 0 Å². The Morgan fingerprint density at radius 3 is 2.58 bits per heavy atom. The average molecular weight is 781 g/mol. The molecule has 2 fully saturated rings. The predicted octanol–water partition coefficient (Wildman–Crippen LogP) is 4.00. The minimum absolute atomic E-state index is 0.0263. The van der Waals surface area contributed by atoms with Crippen molar-refractivity contribution in [2.45, 2.75) is 101 Å². The van der Waals surface area contributed by atoms with Crippen LogP contribution in [0, 0.1) is 24.5 Å². The van der Waals surface area contributed by atoms with Gasteiger partial charge in [0.05, 0.1) is 31.1 Å². The first kappa shape index (κ1) is 42.1. The van der Waals surface area contributed by atoms with Crippen LogP contribution in [-0.4, -0.2) is 95.4 Å². The number of hydrogen-bond acceptors (Lipinski definition) is 13. The van der Waals surface area contributed by atoms with Crippen molar-refractivity contribution in [3.05, 3.63) is 93.9 Å². The highest BCUT2D eigenvalue weighted by atomic mass is 16.5. The third-order valence-electron chi connectivity index (χ3n) is 10.8. The summed E-state index contributed by atoms with van der Waals surface area (Å²) in [6.07, 6.45) is 9.40. The topological polar surface area (TPSA) is 207 Å². The number of nitrogens with two attached hydrogens (primary N) is 1. The SMILES string of the molecule is [C-]#[N+]C1=C(/C=C/c2ccc(N(C)CCCC(=O)CCCCCCCNC(=O)OCC3NC(=C)N4CCC(O)(O)C45NC(N)=NC35)cc2)C(C)(C)O/C1=C(\C#N)[N+]#[C-]. The molecule has 4 heterocycles. The fourth-order valence-electron chi connectivity index (χ4n) is 7.81. The molecule has 1 aromatic rings. The summed E-state index contributed by atoms with van der Waals surface area (Å²) in [4.78, 5) is 39.9. The van der Waals surface area contributed by atoms with E-state index in [1.165, 1.54) is 0 Å². The number of benzene rings is 1. The number of hydrogen-bond donors (Lipinski definition) is 6. The zero-order chi connectivity index (χ0) is 41.4. The summed E-state index contributed by atoms with van der Waals surface area (Å²) >= 11 is 0. The van der Waals surface area contributed by atoms with Crippen LogP contribution in [0.25, 0.3) is 15.8 Å². The van der Waals surface area contributed by atoms with Gasteiger partial charge in [-0.05, 0) is 50.8 Å². The van der Waals surface area contributed by atoms with Crippen LogP contribution in [0.4, 0.5) is 10.5 Å². The highest BCUT2D eigenvalue weighted by Crippen LogP contribution is 2.46. The Hall–Kier alpha value is -6.02. The molecule has 7 N–H and O–H groups in total. The van der Waals surface area contributed by atoms with E-state index in [4.69, 9.17) is 28.4 Å². The lowest BCUT2D eigenvalue weighted by Crippen LogP contribution is -2.77. The number of nitrogens with zero attached hydrogens (tertiary/aromatic N) is 6. The molecule has 1 aromatic carbocycles. The van der Waals surface area contributed by atoms with Gasteiger partial charge in [-0.2, -0.15) is 0 Å². The highest BCUT2D eigenvalue weighted by molar-refractivity contribution is 5.82. The number of guanidine groups is 1. The number of ketones is 1. The van der Waals surface area contributed by atoms with E-state index in [0.29, 0.717) is 37.3 Å². The zero-order valence-electron chi connectivity index (χ0n) is 32.8. The van der Waals surface area contributed by atoms with Crippen molar-refractivity contribution in [2.24, 2.45) is 10.7 Å². The molecule has 0 saturated carbocycles. The number of carbonyl (C=O) groups is 2. The maximum Gasteiger partial charge on any atom is 0.407 e. The molecular formula is C41H52N10O6. The molecule has 0 radical (unpaired) electrons. The van der Waals surface area contributed by atoms with Crippen molar-refractivity contribution in [3.63, 3.8) is 0 Å². The fraction of sp³-hybridized carbons (Fsp3) is 0.512. The maximum atomic E-state index is 12.5. The Balaban J connectivity index is 0.927. The van der Waals surface area contributed by atoms with Gasteiger partial charge in [0.2, 0.25) is 11.5 Å². The highest BCUT2D eigenvalue weighted by Gasteiger charge is 2.69. The molecule has 5 rings (SSSR count). The molecular weight excluding hydrogens is 729 g/mol. The number of aliphatic imine (C=N–C) groups is 1. The number of unbranched alkanes of at least 4 members (excludes halogenated alkanes) is 4. The second-order valence-corrected chi connectivity index (χ2v) is 15.2. The van der Waals surface area contributed by atoms with E-state index in [9.17, 15) is 25.1 Å². The molecule has 302 valence electrons. The van der Waals surface area contributed by atoms with E-state index in [-0.39, 0.29) is 41.9 Å². The molecule has 16 heteroatoms. The lowest BCUT2D eigenvalue weighted by Gasteiger charge is -2.51. The molecule has 4 aliphatic rings. The number of carbonyl (C=O) groups excluding carboxylic acids is 2. The van der Waals surface area contributed by atoms with Crippen LogP contribution in [0.2, 0.25) is 0 Å². The van der Waals surface area contributed by atoms with E-state index in [1.807, 2.05) is 43.5 Å². The Labute approximate surface area is 334 Å². The van der Waals surface area contributed by atoms with Gasteiger partial charge in [-0.15, -0.1) is 0 Å². The van der Waals surface area contributed by atoms with Crippen molar-refractivity contribution in [2.75, 3.05) is 38.2 Å². The van der Waals surface area contributed by atoms with Gasteiger partial charge in [0.1, 0.15) is 29.8 Å². The van der Waals surface area contributed by atoms with Crippen LogP contribution in [0.3, 0.4) is 0 Å². The number of rotatable bonds is 17. The Morgan fingerprint density at radius 1 is 1.18 bits per heavy atom. The second-order valence-electron chi connectivity index (χ2n) is 15.2. The van der Waals surface area contributed by atoms with Crippen molar-refractivity contribution < 1.29 is 29.3 Å². The monoisotopic (exact) mass is 780 g/mol. The largest absolute Gasteiger partial charge is 0.505 e. The number of ether oxygens (including phenoxy) is 2. The number of amides is 1. The van der Waals surface area contributed by atoms with Gasteiger partial charge in [0, 0.05) is 57.2 Å². The zero-order valence-corrected chi connectivity index (χ0v) is 32.8. The summed E-state index contributed by atoms with van der Waals surface area (Å²) in [6, 6.07) is 8.46. The van der Waals surface area contributed by atoms with Crippen LogP contribution in [-0.2, 0) is 14.3 Å². The van der Waals surface area contributed by atoms with Crippen molar-refractivity contribution in [1.82, 2.24) is 20.9 Å². The van der Waals surface area contributed by atoms with Gasteiger partial charge in [-0.25, -0.2) is 24.7 Å². The first-order chi connectivity index (χ1) is 27.2. The molecule has 1 spiro atoms. The van der Waals surface area contributed by atoms with Gasteiger partial charge >= 0.3 is 6.09 Å². The Morgan fingerprint density at radius 2 is 1.88 bits per heavy atom. The van der Waals surface area contributed by atoms with Crippen molar-refractivity contribution in [1.29, 1.82) is 5.26 Å². The predicted molar refractivity (Wildman–Crippen MR) is 214 cm³/mol. The summed E-state index contributed by atoms with van der Waals surface area (Å²) in [5, 5.41) is 39.7. The number of Topliss-reactive ketones (excluding diaryl/α,β-unsaturated/α-hetero) is 1. The summed E-state index contributed by atoms with van der Waals surface area (Å²) in [5.41, 5.74) is 6.17. The van der Waals surface area contributed by atoms with E-state index in [2.05, 4.69) is 42.1 Å². The van der Waals surface area contributed by atoms with E-state index < -0.39 is 35.2 Å². The Bertz CT molecular complexity index is 1950. The number of alkyl carbamates (subject to hydrolysis) is 1. The number of anilines is 1. The smallest absolute Gasteiger partial charge is 0.407 e. The molecule has 16 nitrogen and oxygen atoms in total. The summed E-state index contributed by atoms with van der Waals surface area (Å²) in [6.45, 7) is 23.9. The van der Waals surface area contributed by atoms with Crippen molar-refractivity contribution >= 4 is 29.6 Å². The minimum atomic E-state index is -2.11. The van der Waals surface area contributed by atoms with E-state index in [0.717, 1.165) is 56.3 Å². The number of allylic oxidation sites excluding steroid dienone is 1. The van der Waals surface area contributed by atoms with Crippen molar-refractivity contribution in [3.8, 4) is 6.07 Å². The quantitative estimate of drug-likeness (QED) is 0.0575. The normalized spacial score (nSPS) is 23.5. The first-order valence-corrected chi connectivity index (χ1v) is 19.2. The molecule has 1 amide bonds. The third kappa shape index (κ3) is 9.18. The summed E-state index contributed by atoms with van der Waals surface area (Å²) in [5.74, 6) is -1.29.